The van der Waals surface area contributed by atoms with Gasteiger partial charge in [-0.3, -0.25) is 4.79 Å². The maximum absolute atomic E-state index is 12.4. The molecule has 1 aromatic carbocycles. The zero-order valence-electron chi connectivity index (χ0n) is 11.9. The highest BCUT2D eigenvalue weighted by Gasteiger charge is 2.15. The molecule has 0 fully saturated rings. The third-order valence-corrected chi connectivity index (χ3v) is 3.93. The van der Waals surface area contributed by atoms with Gasteiger partial charge in [-0.2, -0.15) is 0 Å². The first-order valence-corrected chi connectivity index (χ1v) is 7.35. The molecule has 0 aliphatic heterocycles. The SMILES string of the molecule is Cc1cnc(C(C)NC(=O)c2ccccc2C#CCO)s1. The van der Waals surface area contributed by atoms with Crippen molar-refractivity contribution >= 4 is 17.2 Å². The lowest BCUT2D eigenvalue weighted by Gasteiger charge is -2.12. The van der Waals surface area contributed by atoms with Crippen molar-refractivity contribution in [1.29, 1.82) is 0 Å². The first kappa shape index (κ1) is 15.2. The number of hydrogen-bond donors (Lipinski definition) is 2. The minimum Gasteiger partial charge on any atom is -0.384 e. The average molecular weight is 300 g/mol. The number of rotatable bonds is 3. The fourth-order valence-electron chi connectivity index (χ4n) is 1.83. The van der Waals surface area contributed by atoms with Crippen LogP contribution in [0, 0.1) is 18.8 Å². The lowest BCUT2D eigenvalue weighted by Crippen LogP contribution is -2.27. The van der Waals surface area contributed by atoms with Crippen LogP contribution in [0.25, 0.3) is 0 Å². The number of aromatic nitrogens is 1. The minimum absolute atomic E-state index is 0.157. The summed E-state index contributed by atoms with van der Waals surface area (Å²) < 4.78 is 0. The topological polar surface area (TPSA) is 62.2 Å². The van der Waals surface area contributed by atoms with E-state index in [1.807, 2.05) is 19.9 Å². The number of benzene rings is 1. The summed E-state index contributed by atoms with van der Waals surface area (Å²) in [6, 6.07) is 6.92. The van der Waals surface area contributed by atoms with Crippen molar-refractivity contribution in [1.82, 2.24) is 10.3 Å². The van der Waals surface area contributed by atoms with Gasteiger partial charge in [-0.1, -0.05) is 24.0 Å². The number of amides is 1. The minimum atomic E-state index is -0.231. The van der Waals surface area contributed by atoms with Crippen LogP contribution in [0.3, 0.4) is 0 Å². The van der Waals surface area contributed by atoms with E-state index < -0.39 is 0 Å². The highest BCUT2D eigenvalue weighted by atomic mass is 32.1. The molecule has 2 aromatic rings. The molecule has 1 heterocycles. The predicted octanol–water partition coefficient (Wildman–Crippen LogP) is 2.29. The molecule has 0 bridgehead atoms. The van der Waals surface area contributed by atoms with Crippen LogP contribution in [0.1, 0.15) is 38.8 Å². The molecule has 0 saturated carbocycles. The van der Waals surface area contributed by atoms with Crippen LogP contribution in [-0.4, -0.2) is 22.6 Å². The van der Waals surface area contributed by atoms with Crippen molar-refractivity contribution < 1.29 is 9.90 Å². The molecule has 4 nitrogen and oxygen atoms in total. The molecule has 5 heteroatoms. The Morgan fingerprint density at radius 3 is 2.90 bits per heavy atom. The summed E-state index contributed by atoms with van der Waals surface area (Å²) in [6.07, 6.45) is 1.79. The van der Waals surface area contributed by atoms with Gasteiger partial charge in [0.15, 0.2) is 0 Å². The Kier molecular flexibility index (Phi) is 5.09. The Hall–Kier alpha value is -2.16. The van der Waals surface area contributed by atoms with E-state index in [0.29, 0.717) is 11.1 Å². The summed E-state index contributed by atoms with van der Waals surface area (Å²) in [7, 11) is 0. The van der Waals surface area contributed by atoms with Gasteiger partial charge in [0.05, 0.1) is 11.6 Å². The Labute approximate surface area is 127 Å². The zero-order chi connectivity index (χ0) is 15.2. The van der Waals surface area contributed by atoms with Gasteiger partial charge in [0.1, 0.15) is 11.6 Å². The van der Waals surface area contributed by atoms with Gasteiger partial charge in [-0.25, -0.2) is 4.98 Å². The van der Waals surface area contributed by atoms with Gasteiger partial charge in [0.25, 0.3) is 5.91 Å². The first-order valence-electron chi connectivity index (χ1n) is 6.53. The number of carbonyl (C=O) groups is 1. The van der Waals surface area contributed by atoms with Crippen LogP contribution in [0.15, 0.2) is 30.5 Å². The van der Waals surface area contributed by atoms with Gasteiger partial charge in [-0.05, 0) is 26.0 Å². The van der Waals surface area contributed by atoms with Crippen molar-refractivity contribution in [2.45, 2.75) is 19.9 Å². The molecule has 108 valence electrons. The fourth-order valence-corrected chi connectivity index (χ4v) is 2.61. The molecule has 0 aliphatic carbocycles. The third kappa shape index (κ3) is 3.91. The van der Waals surface area contributed by atoms with Crippen LogP contribution in [-0.2, 0) is 0 Å². The molecule has 1 amide bonds. The Bertz CT molecular complexity index is 698. The number of aliphatic hydroxyl groups is 1. The molecule has 1 atom stereocenters. The second-order valence-corrected chi connectivity index (χ2v) is 5.78. The first-order chi connectivity index (χ1) is 10.1. The van der Waals surface area contributed by atoms with E-state index in [1.54, 1.807) is 35.7 Å². The van der Waals surface area contributed by atoms with Crippen LogP contribution in [0.5, 0.6) is 0 Å². The molecule has 0 aliphatic rings. The summed E-state index contributed by atoms with van der Waals surface area (Å²) in [5, 5.41) is 12.6. The molecule has 1 unspecified atom stereocenters. The molecule has 0 spiro atoms. The second-order valence-electron chi connectivity index (χ2n) is 4.51. The van der Waals surface area contributed by atoms with E-state index in [0.717, 1.165) is 9.88 Å². The summed E-state index contributed by atoms with van der Waals surface area (Å²) in [5.41, 5.74) is 1.10. The van der Waals surface area contributed by atoms with E-state index in [-0.39, 0.29) is 18.6 Å². The fraction of sp³-hybridized carbons (Fsp3) is 0.250. The number of thiazole rings is 1. The van der Waals surface area contributed by atoms with Gasteiger partial charge >= 0.3 is 0 Å². The van der Waals surface area contributed by atoms with Crippen molar-refractivity contribution in [2.75, 3.05) is 6.61 Å². The smallest absolute Gasteiger partial charge is 0.253 e. The van der Waals surface area contributed by atoms with Crippen LogP contribution >= 0.6 is 11.3 Å². The molecule has 2 N–H and O–H groups in total. The summed E-state index contributed by atoms with van der Waals surface area (Å²) in [5.74, 6) is 5.15. The number of nitrogens with one attached hydrogen (secondary N) is 1. The van der Waals surface area contributed by atoms with Gasteiger partial charge < -0.3 is 10.4 Å². The maximum atomic E-state index is 12.4. The molecular formula is C16H16N2O2S. The summed E-state index contributed by atoms with van der Waals surface area (Å²) in [6.45, 7) is 3.65. The maximum Gasteiger partial charge on any atom is 0.253 e. The normalized spacial score (nSPS) is 11.4. The third-order valence-electron chi connectivity index (χ3n) is 2.83. The van der Waals surface area contributed by atoms with Gasteiger partial charge in [0, 0.05) is 16.6 Å². The van der Waals surface area contributed by atoms with E-state index in [1.165, 1.54) is 0 Å². The van der Waals surface area contributed by atoms with Crippen molar-refractivity contribution in [2.24, 2.45) is 0 Å². The van der Waals surface area contributed by atoms with E-state index in [4.69, 9.17) is 5.11 Å². The van der Waals surface area contributed by atoms with Crippen LogP contribution in [0.4, 0.5) is 0 Å². The van der Waals surface area contributed by atoms with E-state index in [9.17, 15) is 4.79 Å². The molecule has 0 radical (unpaired) electrons. The molecule has 0 saturated heterocycles. The Morgan fingerprint density at radius 1 is 1.48 bits per heavy atom. The molecule has 2 rings (SSSR count). The molecule has 1 aromatic heterocycles. The number of hydrogen-bond acceptors (Lipinski definition) is 4. The quantitative estimate of drug-likeness (QED) is 0.855. The number of aliphatic hydroxyl groups excluding tert-OH is 1. The monoisotopic (exact) mass is 300 g/mol. The zero-order valence-corrected chi connectivity index (χ0v) is 12.7. The largest absolute Gasteiger partial charge is 0.384 e. The molecule has 21 heavy (non-hydrogen) atoms. The summed E-state index contributed by atoms with van der Waals surface area (Å²) in [4.78, 5) is 17.7. The molecular weight excluding hydrogens is 284 g/mol. The van der Waals surface area contributed by atoms with Crippen molar-refractivity contribution in [3.63, 3.8) is 0 Å². The average Bonchev–Trinajstić information content (AvgIpc) is 2.92. The second kappa shape index (κ2) is 7.02. The predicted molar refractivity (Wildman–Crippen MR) is 83.1 cm³/mol. The lowest BCUT2D eigenvalue weighted by molar-refractivity contribution is 0.0939. The Balaban J connectivity index is 2.17. The number of aryl methyl sites for hydroxylation is 1. The Morgan fingerprint density at radius 2 is 2.24 bits per heavy atom. The van der Waals surface area contributed by atoms with Crippen molar-refractivity contribution in [3.8, 4) is 11.8 Å². The highest BCUT2D eigenvalue weighted by molar-refractivity contribution is 7.11. The van der Waals surface area contributed by atoms with Gasteiger partial charge in [0.2, 0.25) is 0 Å². The number of carbonyl (C=O) groups excluding carboxylic acids is 1. The lowest BCUT2D eigenvalue weighted by atomic mass is 10.1. The van der Waals surface area contributed by atoms with Gasteiger partial charge in [-0.15, -0.1) is 11.3 Å². The highest BCUT2D eigenvalue weighted by Crippen LogP contribution is 2.19. The van der Waals surface area contributed by atoms with E-state index >= 15 is 0 Å². The summed E-state index contributed by atoms with van der Waals surface area (Å²) >= 11 is 1.56. The standard InChI is InChI=1S/C16H16N2O2S/c1-11-10-17-16(21-11)12(2)18-15(20)14-8-4-3-6-13(14)7-5-9-19/h3-4,6,8,10,12,19H,9H2,1-2H3,(H,18,20). The van der Waals surface area contributed by atoms with Crippen LogP contribution in [0.2, 0.25) is 0 Å². The van der Waals surface area contributed by atoms with Crippen LogP contribution < -0.4 is 5.32 Å². The number of nitrogens with zero attached hydrogens (tertiary/aromatic N) is 1. The van der Waals surface area contributed by atoms with E-state index in [2.05, 4.69) is 22.1 Å². The van der Waals surface area contributed by atoms with Crippen molar-refractivity contribution in [3.05, 3.63) is 51.5 Å².